The van der Waals surface area contributed by atoms with E-state index in [2.05, 4.69) is 10.6 Å². The molecule has 2 N–H and O–H groups in total. The number of ether oxygens (including phenoxy) is 3. The molecule has 202 valence electrons. The van der Waals surface area contributed by atoms with Crippen molar-refractivity contribution in [1.82, 2.24) is 10.6 Å². The summed E-state index contributed by atoms with van der Waals surface area (Å²) in [4.78, 5) is 50.9. The SMILES string of the molecule is O=C(N[C@@H](Cc1ccccc1)C(=O)N[C@@H](CCc1ccccc1)C(=O)OC(=O)C1CO1)OCc1ccccc1. The molecule has 0 spiro atoms. The van der Waals surface area contributed by atoms with Crippen molar-refractivity contribution in [2.75, 3.05) is 6.61 Å². The number of hydrogen-bond acceptors (Lipinski definition) is 7. The molecule has 9 heteroatoms. The van der Waals surface area contributed by atoms with Crippen molar-refractivity contribution >= 4 is 23.9 Å². The Kier molecular flexibility index (Phi) is 9.80. The first-order valence-electron chi connectivity index (χ1n) is 12.7. The fourth-order valence-corrected chi connectivity index (χ4v) is 3.86. The number of carbonyl (C=O) groups is 4. The number of epoxide rings is 1. The molecule has 1 heterocycles. The number of amides is 2. The Morgan fingerprint density at radius 1 is 0.769 bits per heavy atom. The van der Waals surface area contributed by atoms with E-state index in [1.165, 1.54) is 0 Å². The van der Waals surface area contributed by atoms with E-state index in [0.717, 1.165) is 16.7 Å². The van der Waals surface area contributed by atoms with Gasteiger partial charge in [-0.3, -0.25) is 4.79 Å². The second-order valence-electron chi connectivity index (χ2n) is 9.10. The van der Waals surface area contributed by atoms with Crippen LogP contribution in [0.2, 0.25) is 0 Å². The van der Waals surface area contributed by atoms with Crippen LogP contribution in [0, 0.1) is 0 Å². The summed E-state index contributed by atoms with van der Waals surface area (Å²) in [6.07, 6.45) is -0.747. The molecule has 1 aliphatic heterocycles. The van der Waals surface area contributed by atoms with Crippen LogP contribution < -0.4 is 10.6 Å². The van der Waals surface area contributed by atoms with Gasteiger partial charge in [0.15, 0.2) is 6.10 Å². The number of hydrogen-bond donors (Lipinski definition) is 2. The van der Waals surface area contributed by atoms with E-state index in [4.69, 9.17) is 14.2 Å². The first-order valence-corrected chi connectivity index (χ1v) is 12.7. The number of nitrogens with one attached hydrogen (secondary N) is 2. The predicted octanol–water partition coefficient (Wildman–Crippen LogP) is 3.11. The minimum atomic E-state index is -1.12. The minimum absolute atomic E-state index is 0.0315. The van der Waals surface area contributed by atoms with Crippen LogP contribution in [0.1, 0.15) is 23.1 Å². The van der Waals surface area contributed by atoms with Crippen LogP contribution in [0.25, 0.3) is 0 Å². The lowest BCUT2D eigenvalue weighted by atomic mass is 10.0. The van der Waals surface area contributed by atoms with Crippen molar-refractivity contribution < 1.29 is 33.4 Å². The van der Waals surface area contributed by atoms with Gasteiger partial charge < -0.3 is 24.8 Å². The molecular formula is C30H30N2O7. The molecular weight excluding hydrogens is 500 g/mol. The Hall–Kier alpha value is -4.50. The van der Waals surface area contributed by atoms with Gasteiger partial charge in [-0.15, -0.1) is 0 Å². The predicted molar refractivity (Wildman–Crippen MR) is 141 cm³/mol. The van der Waals surface area contributed by atoms with Crippen molar-refractivity contribution in [3.05, 3.63) is 108 Å². The largest absolute Gasteiger partial charge is 0.445 e. The summed E-state index contributed by atoms with van der Waals surface area (Å²) in [6, 6.07) is 25.5. The second-order valence-corrected chi connectivity index (χ2v) is 9.10. The van der Waals surface area contributed by atoms with E-state index in [1.54, 1.807) is 0 Å². The highest BCUT2D eigenvalue weighted by Gasteiger charge is 2.37. The molecule has 1 saturated heterocycles. The van der Waals surface area contributed by atoms with Crippen LogP contribution in [0.15, 0.2) is 91.0 Å². The molecule has 9 nitrogen and oxygen atoms in total. The van der Waals surface area contributed by atoms with E-state index in [-0.39, 0.29) is 26.1 Å². The van der Waals surface area contributed by atoms with Gasteiger partial charge in [0.2, 0.25) is 5.91 Å². The topological polar surface area (TPSA) is 123 Å². The Bertz CT molecular complexity index is 1250. The summed E-state index contributed by atoms with van der Waals surface area (Å²) >= 11 is 0. The lowest BCUT2D eigenvalue weighted by Gasteiger charge is -2.22. The molecule has 39 heavy (non-hydrogen) atoms. The third-order valence-electron chi connectivity index (χ3n) is 6.07. The Morgan fingerprint density at radius 3 is 1.92 bits per heavy atom. The third-order valence-corrected chi connectivity index (χ3v) is 6.07. The number of esters is 2. The van der Waals surface area contributed by atoms with Crippen molar-refractivity contribution in [3.63, 3.8) is 0 Å². The maximum absolute atomic E-state index is 13.4. The van der Waals surface area contributed by atoms with Crippen LogP contribution in [0.4, 0.5) is 4.79 Å². The zero-order valence-corrected chi connectivity index (χ0v) is 21.3. The smallest absolute Gasteiger partial charge is 0.408 e. The maximum atomic E-state index is 13.4. The van der Waals surface area contributed by atoms with Crippen LogP contribution in [-0.2, 0) is 48.0 Å². The molecule has 0 bridgehead atoms. The van der Waals surface area contributed by atoms with E-state index < -0.39 is 42.1 Å². The molecule has 1 unspecified atom stereocenters. The number of alkyl carbamates (subject to hydrolysis) is 1. The molecule has 3 atom stereocenters. The molecule has 0 saturated carbocycles. The van der Waals surface area contributed by atoms with Crippen molar-refractivity contribution in [2.24, 2.45) is 0 Å². The van der Waals surface area contributed by atoms with Gasteiger partial charge in [0.1, 0.15) is 18.7 Å². The Labute approximate surface area is 226 Å². The van der Waals surface area contributed by atoms with Crippen molar-refractivity contribution in [2.45, 2.75) is 44.1 Å². The van der Waals surface area contributed by atoms with Gasteiger partial charge in [-0.25, -0.2) is 14.4 Å². The molecule has 0 aliphatic carbocycles. The van der Waals surface area contributed by atoms with E-state index in [0.29, 0.717) is 6.42 Å². The molecule has 3 aromatic carbocycles. The van der Waals surface area contributed by atoms with Crippen LogP contribution in [0.3, 0.4) is 0 Å². The van der Waals surface area contributed by atoms with E-state index in [9.17, 15) is 19.2 Å². The van der Waals surface area contributed by atoms with E-state index in [1.807, 2.05) is 91.0 Å². The van der Waals surface area contributed by atoms with Gasteiger partial charge in [-0.2, -0.15) is 0 Å². The third kappa shape index (κ3) is 9.08. The zero-order chi connectivity index (χ0) is 27.5. The number of carbonyl (C=O) groups excluding carboxylic acids is 4. The lowest BCUT2D eigenvalue weighted by Crippen LogP contribution is -2.53. The molecule has 0 aromatic heterocycles. The lowest BCUT2D eigenvalue weighted by molar-refractivity contribution is -0.163. The Balaban J connectivity index is 1.44. The fraction of sp³-hybridized carbons (Fsp3) is 0.267. The molecule has 1 aliphatic rings. The monoisotopic (exact) mass is 530 g/mol. The van der Waals surface area contributed by atoms with Crippen LogP contribution >= 0.6 is 0 Å². The summed E-state index contributed by atoms with van der Waals surface area (Å²) in [6.45, 7) is 0.227. The summed E-state index contributed by atoms with van der Waals surface area (Å²) in [7, 11) is 0. The van der Waals surface area contributed by atoms with Gasteiger partial charge in [0.05, 0.1) is 6.61 Å². The average molecular weight is 531 g/mol. The molecule has 2 amide bonds. The number of benzene rings is 3. The van der Waals surface area contributed by atoms with Crippen LogP contribution in [0.5, 0.6) is 0 Å². The van der Waals surface area contributed by atoms with Crippen molar-refractivity contribution in [1.29, 1.82) is 0 Å². The van der Waals surface area contributed by atoms with Gasteiger partial charge in [0, 0.05) is 6.42 Å². The average Bonchev–Trinajstić information content (AvgIpc) is 3.81. The quantitative estimate of drug-likeness (QED) is 0.210. The zero-order valence-electron chi connectivity index (χ0n) is 21.3. The molecule has 3 aromatic rings. The normalized spacial score (nSPS) is 15.3. The number of rotatable bonds is 12. The fourth-order valence-electron chi connectivity index (χ4n) is 3.86. The second kappa shape index (κ2) is 13.9. The molecule has 1 fully saturated rings. The summed E-state index contributed by atoms with van der Waals surface area (Å²) < 4.78 is 15.2. The van der Waals surface area contributed by atoms with Crippen molar-refractivity contribution in [3.8, 4) is 0 Å². The highest BCUT2D eigenvalue weighted by Crippen LogP contribution is 2.13. The van der Waals surface area contributed by atoms with E-state index >= 15 is 0 Å². The highest BCUT2D eigenvalue weighted by atomic mass is 16.6. The van der Waals surface area contributed by atoms with Gasteiger partial charge >= 0.3 is 18.0 Å². The first-order chi connectivity index (χ1) is 19.0. The van der Waals surface area contributed by atoms with Gasteiger partial charge in [-0.1, -0.05) is 91.0 Å². The first kappa shape index (κ1) is 27.5. The number of aryl methyl sites for hydroxylation is 1. The summed E-state index contributed by atoms with van der Waals surface area (Å²) in [5.74, 6) is -2.28. The minimum Gasteiger partial charge on any atom is -0.445 e. The summed E-state index contributed by atoms with van der Waals surface area (Å²) in [5, 5.41) is 5.28. The van der Waals surface area contributed by atoms with Gasteiger partial charge in [0.25, 0.3) is 0 Å². The Morgan fingerprint density at radius 2 is 1.33 bits per heavy atom. The molecule has 4 rings (SSSR count). The standard InChI is InChI=1S/C30H30N2O7/c33-27(31-24(17-16-21-10-4-1-5-11-21)28(34)39-29(35)26-20-37-26)25(18-22-12-6-2-7-13-22)32-30(36)38-19-23-14-8-3-9-15-23/h1-15,24-26H,16-20H2,(H,31,33)(H,32,36)/t24-,25-,26?/m0/s1. The highest BCUT2D eigenvalue weighted by molar-refractivity contribution is 5.94. The summed E-state index contributed by atoms with van der Waals surface area (Å²) in [5.41, 5.74) is 2.54. The maximum Gasteiger partial charge on any atom is 0.408 e. The van der Waals surface area contributed by atoms with Gasteiger partial charge in [-0.05, 0) is 29.5 Å². The van der Waals surface area contributed by atoms with Crippen LogP contribution in [-0.4, -0.2) is 48.7 Å². The molecule has 0 radical (unpaired) electrons.